The van der Waals surface area contributed by atoms with Gasteiger partial charge in [0.1, 0.15) is 11.4 Å². The minimum absolute atomic E-state index is 0.101. The molecule has 0 bridgehead atoms. The van der Waals surface area contributed by atoms with Crippen LogP contribution in [-0.2, 0) is 4.79 Å². The predicted molar refractivity (Wildman–Crippen MR) is 98.0 cm³/mol. The van der Waals surface area contributed by atoms with Gasteiger partial charge >= 0.3 is 0 Å². The molecule has 0 fully saturated rings. The van der Waals surface area contributed by atoms with E-state index in [0.717, 1.165) is 17.0 Å². The maximum atomic E-state index is 12.4. The number of carbonyl (C=O) groups is 1. The summed E-state index contributed by atoms with van der Waals surface area (Å²) in [5.74, 6) is 0.336. The molecule has 0 aliphatic carbocycles. The van der Waals surface area contributed by atoms with Crippen LogP contribution in [0.3, 0.4) is 0 Å². The quantitative estimate of drug-likeness (QED) is 0.868. The molecule has 2 rings (SSSR count). The summed E-state index contributed by atoms with van der Waals surface area (Å²) in [6.45, 7) is 7.82. The van der Waals surface area contributed by atoms with Crippen molar-refractivity contribution in [3.63, 3.8) is 0 Å². The molecule has 0 aliphatic heterocycles. The highest BCUT2D eigenvalue weighted by atomic mass is 16.5. The number of hydrogen-bond donors (Lipinski definition) is 2. The van der Waals surface area contributed by atoms with Crippen molar-refractivity contribution in [3.8, 4) is 5.75 Å². The van der Waals surface area contributed by atoms with Gasteiger partial charge in [0, 0.05) is 11.7 Å². The lowest BCUT2D eigenvalue weighted by Crippen LogP contribution is -2.30. The molecule has 2 aromatic rings. The maximum absolute atomic E-state index is 12.4. The van der Waals surface area contributed by atoms with Crippen molar-refractivity contribution >= 4 is 11.6 Å². The average molecular weight is 326 g/mol. The zero-order valence-corrected chi connectivity index (χ0v) is 14.7. The number of hydrogen-bond acceptors (Lipinski definition) is 3. The highest BCUT2D eigenvalue weighted by Gasteiger charge is 2.22. The minimum atomic E-state index is -0.338. The molecule has 0 saturated carbocycles. The van der Waals surface area contributed by atoms with Crippen molar-refractivity contribution in [3.05, 3.63) is 60.2 Å². The van der Waals surface area contributed by atoms with Gasteiger partial charge in [0.05, 0.1) is 5.92 Å². The van der Waals surface area contributed by atoms with Gasteiger partial charge in [0.15, 0.2) is 0 Å². The molecule has 1 amide bonds. The lowest BCUT2D eigenvalue weighted by molar-refractivity contribution is -0.120. The van der Waals surface area contributed by atoms with E-state index in [1.165, 1.54) is 0 Å². The van der Waals surface area contributed by atoms with Crippen molar-refractivity contribution in [2.45, 2.75) is 39.3 Å². The molecule has 2 unspecified atom stereocenters. The smallest absolute Gasteiger partial charge is 0.229 e. The summed E-state index contributed by atoms with van der Waals surface area (Å²) in [5.41, 5.74) is 7.64. The molecule has 128 valence electrons. The fourth-order valence-corrected chi connectivity index (χ4v) is 2.34. The van der Waals surface area contributed by atoms with Crippen LogP contribution in [-0.4, -0.2) is 11.5 Å². The van der Waals surface area contributed by atoms with E-state index in [9.17, 15) is 4.79 Å². The van der Waals surface area contributed by atoms with Crippen LogP contribution in [0.15, 0.2) is 54.6 Å². The summed E-state index contributed by atoms with van der Waals surface area (Å²) in [7, 11) is 0. The number of anilines is 1. The highest BCUT2D eigenvalue weighted by Crippen LogP contribution is 2.23. The molecular weight excluding hydrogens is 300 g/mol. The zero-order chi connectivity index (χ0) is 17.7. The molecule has 0 aliphatic rings. The van der Waals surface area contributed by atoms with E-state index in [1.807, 2.05) is 82.3 Å². The largest absolute Gasteiger partial charge is 0.488 e. The first-order valence-corrected chi connectivity index (χ1v) is 8.17. The summed E-state index contributed by atoms with van der Waals surface area (Å²) >= 11 is 0. The Morgan fingerprint density at radius 2 is 1.62 bits per heavy atom. The van der Waals surface area contributed by atoms with E-state index in [4.69, 9.17) is 10.5 Å². The van der Waals surface area contributed by atoms with E-state index in [-0.39, 0.29) is 23.5 Å². The highest BCUT2D eigenvalue weighted by molar-refractivity contribution is 5.92. The van der Waals surface area contributed by atoms with Crippen molar-refractivity contribution < 1.29 is 9.53 Å². The molecule has 2 aromatic carbocycles. The second kappa shape index (κ2) is 7.49. The Kier molecular flexibility index (Phi) is 5.62. The van der Waals surface area contributed by atoms with Gasteiger partial charge in [-0.25, -0.2) is 0 Å². The number of ether oxygens (including phenoxy) is 1. The summed E-state index contributed by atoms with van der Waals surface area (Å²) in [5, 5.41) is 2.91. The van der Waals surface area contributed by atoms with Crippen LogP contribution in [0.5, 0.6) is 5.75 Å². The van der Waals surface area contributed by atoms with Gasteiger partial charge in [-0.05, 0) is 50.6 Å². The van der Waals surface area contributed by atoms with Crippen molar-refractivity contribution in [1.29, 1.82) is 0 Å². The first kappa shape index (κ1) is 18.0. The third kappa shape index (κ3) is 5.10. The Morgan fingerprint density at radius 3 is 2.17 bits per heavy atom. The number of rotatable bonds is 5. The van der Waals surface area contributed by atoms with Gasteiger partial charge in [0.25, 0.3) is 0 Å². The SMILES string of the molecule is CC(C(=O)Nc1ccc(OC(C)(C)C)cc1)C(N)c1ccccc1. The van der Waals surface area contributed by atoms with Crippen LogP contribution in [0.4, 0.5) is 5.69 Å². The number of benzene rings is 2. The monoisotopic (exact) mass is 326 g/mol. The van der Waals surface area contributed by atoms with E-state index < -0.39 is 0 Å². The van der Waals surface area contributed by atoms with Gasteiger partial charge in [0.2, 0.25) is 5.91 Å². The van der Waals surface area contributed by atoms with E-state index in [1.54, 1.807) is 0 Å². The minimum Gasteiger partial charge on any atom is -0.488 e. The molecule has 4 heteroatoms. The van der Waals surface area contributed by atoms with Crippen molar-refractivity contribution in [2.75, 3.05) is 5.32 Å². The number of nitrogens with two attached hydrogens (primary N) is 1. The summed E-state index contributed by atoms with van der Waals surface area (Å²) < 4.78 is 5.77. The third-order valence-corrected chi connectivity index (χ3v) is 3.68. The Hall–Kier alpha value is -2.33. The second-order valence-corrected chi connectivity index (χ2v) is 6.95. The number of carbonyl (C=O) groups excluding carboxylic acids is 1. The topological polar surface area (TPSA) is 64.3 Å². The lowest BCUT2D eigenvalue weighted by atomic mass is 9.94. The molecule has 24 heavy (non-hydrogen) atoms. The average Bonchev–Trinajstić information content (AvgIpc) is 2.54. The Labute approximate surface area is 144 Å². The number of nitrogens with one attached hydrogen (secondary N) is 1. The molecule has 0 aromatic heterocycles. The van der Waals surface area contributed by atoms with E-state index >= 15 is 0 Å². The van der Waals surface area contributed by atoms with Gasteiger partial charge in [-0.2, -0.15) is 0 Å². The third-order valence-electron chi connectivity index (χ3n) is 3.68. The summed E-state index contributed by atoms with van der Waals surface area (Å²) in [4.78, 5) is 12.4. The van der Waals surface area contributed by atoms with E-state index in [2.05, 4.69) is 5.32 Å². The zero-order valence-electron chi connectivity index (χ0n) is 14.7. The van der Waals surface area contributed by atoms with Crippen molar-refractivity contribution in [2.24, 2.45) is 11.7 Å². The Bertz CT molecular complexity index is 660. The van der Waals surface area contributed by atoms with Crippen LogP contribution < -0.4 is 15.8 Å². The first-order valence-electron chi connectivity index (χ1n) is 8.17. The van der Waals surface area contributed by atoms with Gasteiger partial charge in [-0.15, -0.1) is 0 Å². The standard InChI is InChI=1S/C20H26N2O2/c1-14(18(21)15-8-6-5-7-9-15)19(23)22-16-10-12-17(13-11-16)24-20(2,3)4/h5-14,18H,21H2,1-4H3,(H,22,23). The summed E-state index contributed by atoms with van der Waals surface area (Å²) in [6, 6.07) is 16.7. The molecule has 0 spiro atoms. The predicted octanol–water partition coefficient (Wildman–Crippen LogP) is 4.14. The van der Waals surface area contributed by atoms with Crippen LogP contribution in [0, 0.1) is 5.92 Å². The fraction of sp³-hybridized carbons (Fsp3) is 0.350. The molecule has 2 atom stereocenters. The molecule has 0 saturated heterocycles. The second-order valence-electron chi connectivity index (χ2n) is 6.95. The fourth-order valence-electron chi connectivity index (χ4n) is 2.34. The molecule has 0 radical (unpaired) electrons. The molecular formula is C20H26N2O2. The lowest BCUT2D eigenvalue weighted by Gasteiger charge is -2.22. The van der Waals surface area contributed by atoms with Crippen LogP contribution in [0.25, 0.3) is 0 Å². The van der Waals surface area contributed by atoms with Crippen LogP contribution in [0.2, 0.25) is 0 Å². The molecule has 4 nitrogen and oxygen atoms in total. The molecule has 0 heterocycles. The van der Waals surface area contributed by atoms with Crippen molar-refractivity contribution in [1.82, 2.24) is 0 Å². The Morgan fingerprint density at radius 1 is 1.04 bits per heavy atom. The Balaban J connectivity index is 1.98. The van der Waals surface area contributed by atoms with E-state index in [0.29, 0.717) is 0 Å². The molecule has 3 N–H and O–H groups in total. The maximum Gasteiger partial charge on any atom is 0.229 e. The van der Waals surface area contributed by atoms with Crippen LogP contribution in [0.1, 0.15) is 39.3 Å². The van der Waals surface area contributed by atoms with Crippen LogP contribution >= 0.6 is 0 Å². The normalized spacial score (nSPS) is 13.9. The van der Waals surface area contributed by atoms with Gasteiger partial charge < -0.3 is 15.8 Å². The van der Waals surface area contributed by atoms with Gasteiger partial charge in [-0.3, -0.25) is 4.79 Å². The number of amides is 1. The van der Waals surface area contributed by atoms with Gasteiger partial charge in [-0.1, -0.05) is 37.3 Å². The summed E-state index contributed by atoms with van der Waals surface area (Å²) in [6.07, 6.45) is 0. The first-order chi connectivity index (χ1) is 11.3.